The van der Waals surface area contributed by atoms with Crippen molar-refractivity contribution in [2.24, 2.45) is 11.1 Å². The molecule has 18 heavy (non-hydrogen) atoms. The first kappa shape index (κ1) is 14.1. The van der Waals surface area contributed by atoms with Gasteiger partial charge in [-0.2, -0.15) is 0 Å². The Labute approximate surface area is 118 Å². The first-order valence-electron chi connectivity index (χ1n) is 6.77. The van der Waals surface area contributed by atoms with Crippen LogP contribution in [0.4, 0.5) is 0 Å². The minimum Gasteiger partial charge on any atom is -0.453 e. The van der Waals surface area contributed by atoms with Crippen LogP contribution in [0.25, 0.3) is 0 Å². The van der Waals surface area contributed by atoms with E-state index in [1.54, 1.807) is 0 Å². The maximum atomic E-state index is 5.93. The summed E-state index contributed by atoms with van der Waals surface area (Å²) < 4.78 is 6.45. The molecule has 3 nitrogen and oxygen atoms in total. The zero-order chi connectivity index (χ0) is 13.2. The van der Waals surface area contributed by atoms with E-state index >= 15 is 0 Å². The molecule has 2 rings (SSSR count). The summed E-state index contributed by atoms with van der Waals surface area (Å²) in [6, 6.07) is 4.19. The van der Waals surface area contributed by atoms with Crippen molar-refractivity contribution >= 4 is 15.9 Å². The molecule has 0 amide bonds. The molecule has 0 aromatic carbocycles. The summed E-state index contributed by atoms with van der Waals surface area (Å²) in [7, 11) is 0. The Morgan fingerprint density at radius 1 is 1.44 bits per heavy atom. The maximum absolute atomic E-state index is 5.93. The number of halogens is 1. The van der Waals surface area contributed by atoms with Crippen LogP contribution in [0.2, 0.25) is 0 Å². The fraction of sp³-hybridized carbons (Fsp3) is 0.714. The minimum absolute atomic E-state index is 0.220. The van der Waals surface area contributed by atoms with E-state index < -0.39 is 0 Å². The molecule has 1 aromatic heterocycles. The zero-order valence-electron chi connectivity index (χ0n) is 11.3. The molecule has 102 valence electrons. The Morgan fingerprint density at radius 3 is 2.56 bits per heavy atom. The monoisotopic (exact) mass is 314 g/mol. The van der Waals surface area contributed by atoms with Gasteiger partial charge in [0.05, 0.1) is 6.04 Å². The Bertz CT molecular complexity index is 383. The Kier molecular flexibility index (Phi) is 4.51. The molecule has 1 aliphatic heterocycles. The SMILES string of the molecule is CCC1(C)CCN(C(CN)c2ccc(Br)o2)CC1. The standard InChI is InChI=1S/C14H23BrN2O/c1-3-14(2)6-8-17(9-7-14)11(10-16)12-4-5-13(15)18-12/h4-5,11H,3,6-10,16H2,1-2H3. The van der Waals surface area contributed by atoms with Crippen LogP contribution >= 0.6 is 15.9 Å². The number of likely N-dealkylation sites (tertiary alicyclic amines) is 1. The molecule has 1 aliphatic rings. The van der Waals surface area contributed by atoms with Crippen molar-refractivity contribution in [3.8, 4) is 0 Å². The van der Waals surface area contributed by atoms with E-state index in [0.29, 0.717) is 12.0 Å². The van der Waals surface area contributed by atoms with Gasteiger partial charge in [0.15, 0.2) is 4.67 Å². The van der Waals surface area contributed by atoms with Gasteiger partial charge >= 0.3 is 0 Å². The molecule has 1 fully saturated rings. The number of furan rings is 1. The number of hydrogen-bond acceptors (Lipinski definition) is 3. The fourth-order valence-corrected chi connectivity index (χ4v) is 3.00. The summed E-state index contributed by atoms with van der Waals surface area (Å²) >= 11 is 3.36. The van der Waals surface area contributed by atoms with Crippen molar-refractivity contribution in [3.05, 3.63) is 22.6 Å². The molecule has 0 saturated carbocycles. The average Bonchev–Trinajstić information content (AvgIpc) is 2.79. The lowest BCUT2D eigenvalue weighted by molar-refractivity contribution is 0.0745. The van der Waals surface area contributed by atoms with E-state index in [4.69, 9.17) is 10.2 Å². The van der Waals surface area contributed by atoms with Crippen LogP contribution in [0.5, 0.6) is 0 Å². The van der Waals surface area contributed by atoms with Gasteiger partial charge in [0, 0.05) is 6.54 Å². The van der Waals surface area contributed by atoms with Crippen molar-refractivity contribution in [1.82, 2.24) is 4.90 Å². The summed E-state index contributed by atoms with van der Waals surface area (Å²) in [4.78, 5) is 2.46. The Morgan fingerprint density at radius 2 is 2.11 bits per heavy atom. The van der Waals surface area contributed by atoms with Gasteiger partial charge < -0.3 is 10.2 Å². The first-order chi connectivity index (χ1) is 8.58. The van der Waals surface area contributed by atoms with Crippen molar-refractivity contribution in [3.63, 3.8) is 0 Å². The van der Waals surface area contributed by atoms with Crippen molar-refractivity contribution in [1.29, 1.82) is 0 Å². The predicted octanol–water partition coefficient (Wildman–Crippen LogP) is 3.55. The average molecular weight is 315 g/mol. The minimum atomic E-state index is 0.220. The number of piperidine rings is 1. The molecule has 0 radical (unpaired) electrons. The highest BCUT2D eigenvalue weighted by Crippen LogP contribution is 2.37. The second-order valence-corrected chi connectivity index (χ2v) is 6.38. The molecule has 0 spiro atoms. The maximum Gasteiger partial charge on any atom is 0.169 e. The van der Waals surface area contributed by atoms with Crippen molar-refractivity contribution < 1.29 is 4.42 Å². The smallest absolute Gasteiger partial charge is 0.169 e. The van der Waals surface area contributed by atoms with Crippen molar-refractivity contribution in [2.45, 2.75) is 39.2 Å². The topological polar surface area (TPSA) is 42.4 Å². The van der Waals surface area contributed by atoms with Gasteiger partial charge in [-0.25, -0.2) is 0 Å². The largest absolute Gasteiger partial charge is 0.453 e. The third-order valence-corrected chi connectivity index (χ3v) is 4.87. The number of nitrogens with zero attached hydrogens (tertiary/aromatic N) is 1. The van der Waals surface area contributed by atoms with Crippen LogP contribution in [-0.4, -0.2) is 24.5 Å². The van der Waals surface area contributed by atoms with Gasteiger partial charge in [0.1, 0.15) is 5.76 Å². The second kappa shape index (κ2) is 5.76. The molecule has 0 bridgehead atoms. The van der Waals surface area contributed by atoms with Crippen LogP contribution in [0.1, 0.15) is 44.9 Å². The van der Waals surface area contributed by atoms with Gasteiger partial charge in [-0.1, -0.05) is 20.3 Å². The van der Waals surface area contributed by atoms with E-state index in [1.807, 2.05) is 12.1 Å². The molecule has 4 heteroatoms. The van der Waals surface area contributed by atoms with Gasteiger partial charge in [-0.15, -0.1) is 0 Å². The van der Waals surface area contributed by atoms with Crippen LogP contribution in [0.15, 0.2) is 21.2 Å². The van der Waals surface area contributed by atoms with Gasteiger partial charge in [0.25, 0.3) is 0 Å². The van der Waals surface area contributed by atoms with Crippen LogP contribution < -0.4 is 5.73 Å². The van der Waals surface area contributed by atoms with E-state index in [1.165, 1.54) is 19.3 Å². The van der Waals surface area contributed by atoms with E-state index in [0.717, 1.165) is 23.5 Å². The van der Waals surface area contributed by atoms with Gasteiger partial charge in [-0.05, 0) is 59.4 Å². The Balaban J connectivity index is 2.03. The van der Waals surface area contributed by atoms with Crippen LogP contribution in [-0.2, 0) is 0 Å². The first-order valence-corrected chi connectivity index (χ1v) is 7.56. The summed E-state index contributed by atoms with van der Waals surface area (Å²) in [5, 5.41) is 0. The fourth-order valence-electron chi connectivity index (χ4n) is 2.68. The lowest BCUT2D eigenvalue weighted by Gasteiger charge is -2.41. The van der Waals surface area contributed by atoms with Crippen LogP contribution in [0.3, 0.4) is 0 Å². The molecular weight excluding hydrogens is 292 g/mol. The summed E-state index contributed by atoms with van der Waals surface area (Å²) in [5.41, 5.74) is 6.44. The highest BCUT2D eigenvalue weighted by atomic mass is 79.9. The third-order valence-electron chi connectivity index (χ3n) is 4.45. The molecule has 1 unspecified atom stereocenters. The molecule has 1 saturated heterocycles. The molecule has 2 heterocycles. The molecular formula is C14H23BrN2O. The van der Waals surface area contributed by atoms with Gasteiger partial charge in [0.2, 0.25) is 0 Å². The normalized spacial score (nSPS) is 22.0. The Hall–Kier alpha value is -0.320. The lowest BCUT2D eigenvalue weighted by Crippen LogP contribution is -2.42. The number of hydrogen-bond donors (Lipinski definition) is 1. The zero-order valence-corrected chi connectivity index (χ0v) is 12.9. The molecule has 1 aromatic rings. The summed E-state index contributed by atoms with van der Waals surface area (Å²) in [6.45, 7) is 7.53. The van der Waals surface area contributed by atoms with Gasteiger partial charge in [-0.3, -0.25) is 4.90 Å². The highest BCUT2D eigenvalue weighted by molar-refractivity contribution is 9.10. The highest BCUT2D eigenvalue weighted by Gasteiger charge is 2.32. The summed E-state index contributed by atoms with van der Waals surface area (Å²) in [5.74, 6) is 0.976. The molecule has 1 atom stereocenters. The third kappa shape index (κ3) is 2.98. The molecule has 0 aliphatic carbocycles. The quantitative estimate of drug-likeness (QED) is 0.924. The van der Waals surface area contributed by atoms with E-state index in [-0.39, 0.29) is 6.04 Å². The number of rotatable bonds is 4. The lowest BCUT2D eigenvalue weighted by atomic mass is 9.78. The predicted molar refractivity (Wildman–Crippen MR) is 77.4 cm³/mol. The van der Waals surface area contributed by atoms with Crippen molar-refractivity contribution in [2.75, 3.05) is 19.6 Å². The van der Waals surface area contributed by atoms with Crippen LogP contribution in [0, 0.1) is 5.41 Å². The second-order valence-electron chi connectivity index (χ2n) is 5.59. The molecule has 2 N–H and O–H groups in total. The number of nitrogens with two attached hydrogens (primary N) is 1. The van der Waals surface area contributed by atoms with E-state index in [9.17, 15) is 0 Å². The summed E-state index contributed by atoms with van der Waals surface area (Å²) in [6.07, 6.45) is 3.77. The van der Waals surface area contributed by atoms with E-state index in [2.05, 4.69) is 34.7 Å².